The summed E-state index contributed by atoms with van der Waals surface area (Å²) in [6.07, 6.45) is 2.32. The van der Waals surface area contributed by atoms with Gasteiger partial charge in [-0.3, -0.25) is 0 Å². The fourth-order valence-electron chi connectivity index (χ4n) is 2.36. The SMILES string of the molecule is CCNC1CCCN(c2ccccc2F)C1. The van der Waals surface area contributed by atoms with Crippen molar-refractivity contribution >= 4 is 5.69 Å². The second kappa shape index (κ2) is 5.30. The van der Waals surface area contributed by atoms with E-state index in [9.17, 15) is 4.39 Å². The van der Waals surface area contributed by atoms with Crippen LogP contribution in [0.2, 0.25) is 0 Å². The Morgan fingerprint density at radius 2 is 2.25 bits per heavy atom. The van der Waals surface area contributed by atoms with Gasteiger partial charge in [-0.15, -0.1) is 0 Å². The second-order valence-electron chi connectivity index (χ2n) is 4.29. The summed E-state index contributed by atoms with van der Waals surface area (Å²) in [5, 5.41) is 3.44. The van der Waals surface area contributed by atoms with Gasteiger partial charge in [0.05, 0.1) is 5.69 Å². The van der Waals surface area contributed by atoms with E-state index in [1.165, 1.54) is 12.5 Å². The minimum atomic E-state index is -0.111. The van der Waals surface area contributed by atoms with Gasteiger partial charge < -0.3 is 10.2 Å². The maximum absolute atomic E-state index is 13.6. The molecule has 0 spiro atoms. The van der Waals surface area contributed by atoms with Crippen molar-refractivity contribution in [3.8, 4) is 0 Å². The van der Waals surface area contributed by atoms with Crippen molar-refractivity contribution in [1.82, 2.24) is 5.32 Å². The average Bonchev–Trinajstić information content (AvgIpc) is 2.30. The number of halogens is 1. The molecule has 2 rings (SSSR count). The summed E-state index contributed by atoms with van der Waals surface area (Å²) in [5.41, 5.74) is 0.741. The van der Waals surface area contributed by atoms with Crippen molar-refractivity contribution in [1.29, 1.82) is 0 Å². The zero-order valence-electron chi connectivity index (χ0n) is 9.75. The van der Waals surface area contributed by atoms with Gasteiger partial charge in [0.15, 0.2) is 0 Å². The third-order valence-electron chi connectivity index (χ3n) is 3.11. The van der Waals surface area contributed by atoms with E-state index in [1.807, 2.05) is 12.1 Å². The first-order valence-electron chi connectivity index (χ1n) is 6.04. The maximum Gasteiger partial charge on any atom is 0.146 e. The number of piperidine rings is 1. The molecule has 0 amide bonds. The standard InChI is InChI=1S/C13H19FN2/c1-2-15-11-6-5-9-16(10-11)13-8-4-3-7-12(13)14/h3-4,7-8,11,15H,2,5-6,9-10H2,1H3. The van der Waals surface area contributed by atoms with Crippen LogP contribution in [0, 0.1) is 5.82 Å². The molecule has 0 aromatic heterocycles. The number of nitrogens with zero attached hydrogens (tertiary/aromatic N) is 1. The van der Waals surface area contributed by atoms with Crippen LogP contribution in [0.3, 0.4) is 0 Å². The largest absolute Gasteiger partial charge is 0.368 e. The Bertz CT molecular complexity index is 338. The molecule has 1 fully saturated rings. The van der Waals surface area contributed by atoms with Crippen molar-refractivity contribution in [2.24, 2.45) is 0 Å². The maximum atomic E-state index is 13.6. The monoisotopic (exact) mass is 222 g/mol. The topological polar surface area (TPSA) is 15.3 Å². The van der Waals surface area contributed by atoms with Gasteiger partial charge >= 0.3 is 0 Å². The van der Waals surface area contributed by atoms with Crippen LogP contribution < -0.4 is 10.2 Å². The minimum Gasteiger partial charge on any atom is -0.368 e. The van der Waals surface area contributed by atoms with Crippen molar-refractivity contribution in [2.75, 3.05) is 24.5 Å². The molecule has 1 aliphatic heterocycles. The molecule has 1 unspecified atom stereocenters. The van der Waals surface area contributed by atoms with Crippen LogP contribution in [-0.2, 0) is 0 Å². The Labute approximate surface area is 96.5 Å². The third kappa shape index (κ3) is 2.53. The van der Waals surface area contributed by atoms with Gasteiger partial charge in [-0.1, -0.05) is 19.1 Å². The fraction of sp³-hybridized carbons (Fsp3) is 0.538. The number of anilines is 1. The average molecular weight is 222 g/mol. The number of likely N-dealkylation sites (N-methyl/N-ethyl adjacent to an activating group) is 1. The number of para-hydroxylation sites is 1. The highest BCUT2D eigenvalue weighted by Crippen LogP contribution is 2.22. The van der Waals surface area contributed by atoms with E-state index in [-0.39, 0.29) is 5.82 Å². The van der Waals surface area contributed by atoms with Crippen molar-refractivity contribution in [2.45, 2.75) is 25.8 Å². The summed E-state index contributed by atoms with van der Waals surface area (Å²) in [7, 11) is 0. The van der Waals surface area contributed by atoms with Crippen molar-refractivity contribution in [3.05, 3.63) is 30.1 Å². The summed E-state index contributed by atoms with van der Waals surface area (Å²) in [6, 6.07) is 7.54. The first-order chi connectivity index (χ1) is 7.81. The molecule has 0 radical (unpaired) electrons. The lowest BCUT2D eigenvalue weighted by Crippen LogP contribution is -2.45. The number of hydrogen-bond acceptors (Lipinski definition) is 2. The molecule has 1 aromatic rings. The van der Waals surface area contributed by atoms with E-state index in [4.69, 9.17) is 0 Å². The minimum absolute atomic E-state index is 0.111. The molecule has 1 heterocycles. The smallest absolute Gasteiger partial charge is 0.146 e. The molecule has 0 saturated carbocycles. The van der Waals surface area contributed by atoms with E-state index < -0.39 is 0 Å². The summed E-state index contributed by atoms with van der Waals surface area (Å²) < 4.78 is 13.6. The Hall–Kier alpha value is -1.09. The zero-order chi connectivity index (χ0) is 11.4. The third-order valence-corrected chi connectivity index (χ3v) is 3.11. The van der Waals surface area contributed by atoms with E-state index in [1.54, 1.807) is 6.07 Å². The predicted molar refractivity (Wildman–Crippen MR) is 65.3 cm³/mol. The van der Waals surface area contributed by atoms with Crippen LogP contribution in [-0.4, -0.2) is 25.7 Å². The first kappa shape index (κ1) is 11.4. The molecule has 0 aliphatic carbocycles. The molecule has 3 heteroatoms. The molecule has 1 N–H and O–H groups in total. The normalized spacial score (nSPS) is 21.1. The highest BCUT2D eigenvalue weighted by atomic mass is 19.1. The first-order valence-corrected chi connectivity index (χ1v) is 6.04. The number of hydrogen-bond donors (Lipinski definition) is 1. The Morgan fingerprint density at radius 1 is 1.44 bits per heavy atom. The van der Waals surface area contributed by atoms with Gasteiger partial charge in [0, 0.05) is 19.1 Å². The van der Waals surface area contributed by atoms with Crippen LogP contribution in [0.25, 0.3) is 0 Å². The summed E-state index contributed by atoms with van der Waals surface area (Å²) in [5.74, 6) is -0.111. The summed E-state index contributed by atoms with van der Waals surface area (Å²) in [6.45, 7) is 4.97. The number of benzene rings is 1. The molecule has 1 aliphatic rings. The molecular formula is C13H19FN2. The van der Waals surface area contributed by atoms with Crippen LogP contribution in [0.15, 0.2) is 24.3 Å². The second-order valence-corrected chi connectivity index (χ2v) is 4.29. The zero-order valence-corrected chi connectivity index (χ0v) is 9.75. The quantitative estimate of drug-likeness (QED) is 0.845. The van der Waals surface area contributed by atoms with Crippen LogP contribution in [0.5, 0.6) is 0 Å². The molecule has 16 heavy (non-hydrogen) atoms. The number of nitrogens with one attached hydrogen (secondary N) is 1. The van der Waals surface area contributed by atoms with Crippen LogP contribution in [0.4, 0.5) is 10.1 Å². The van der Waals surface area contributed by atoms with Crippen LogP contribution in [0.1, 0.15) is 19.8 Å². The van der Waals surface area contributed by atoms with Gasteiger partial charge in [-0.25, -0.2) is 4.39 Å². The Kier molecular flexibility index (Phi) is 3.78. The lowest BCUT2D eigenvalue weighted by atomic mass is 10.0. The molecule has 1 atom stereocenters. The summed E-state index contributed by atoms with van der Waals surface area (Å²) >= 11 is 0. The predicted octanol–water partition coefficient (Wildman–Crippen LogP) is 2.40. The lowest BCUT2D eigenvalue weighted by molar-refractivity contribution is 0.428. The fourth-order valence-corrected chi connectivity index (χ4v) is 2.36. The van der Waals surface area contributed by atoms with Gasteiger partial charge in [-0.2, -0.15) is 0 Å². The Balaban J connectivity index is 2.07. The molecular weight excluding hydrogens is 203 g/mol. The summed E-state index contributed by atoms with van der Waals surface area (Å²) in [4.78, 5) is 2.14. The molecule has 88 valence electrons. The van der Waals surface area contributed by atoms with Crippen LogP contribution >= 0.6 is 0 Å². The molecule has 1 saturated heterocycles. The number of rotatable bonds is 3. The highest BCUT2D eigenvalue weighted by molar-refractivity contribution is 5.48. The van der Waals surface area contributed by atoms with E-state index >= 15 is 0 Å². The highest BCUT2D eigenvalue weighted by Gasteiger charge is 2.20. The van der Waals surface area contributed by atoms with Gasteiger partial charge in [0.25, 0.3) is 0 Å². The molecule has 1 aromatic carbocycles. The van der Waals surface area contributed by atoms with Crippen molar-refractivity contribution in [3.63, 3.8) is 0 Å². The van der Waals surface area contributed by atoms with Gasteiger partial charge in [0.2, 0.25) is 0 Å². The van der Waals surface area contributed by atoms with E-state index in [0.717, 1.165) is 31.7 Å². The lowest BCUT2D eigenvalue weighted by Gasteiger charge is -2.34. The van der Waals surface area contributed by atoms with E-state index in [2.05, 4.69) is 17.1 Å². The van der Waals surface area contributed by atoms with Gasteiger partial charge in [0.1, 0.15) is 5.82 Å². The Morgan fingerprint density at radius 3 is 3.00 bits per heavy atom. The molecule has 2 nitrogen and oxygen atoms in total. The molecule has 0 bridgehead atoms. The van der Waals surface area contributed by atoms with Crippen molar-refractivity contribution < 1.29 is 4.39 Å². The van der Waals surface area contributed by atoms with E-state index in [0.29, 0.717) is 6.04 Å². The van der Waals surface area contributed by atoms with Gasteiger partial charge in [-0.05, 0) is 31.5 Å².